The number of amides is 1. The van der Waals surface area contributed by atoms with Gasteiger partial charge < -0.3 is 15.4 Å². The van der Waals surface area contributed by atoms with Crippen molar-refractivity contribution in [1.29, 1.82) is 0 Å². The van der Waals surface area contributed by atoms with Gasteiger partial charge in [-0.2, -0.15) is 0 Å². The summed E-state index contributed by atoms with van der Waals surface area (Å²) in [6, 6.07) is 0.471. The minimum atomic E-state index is 0.0701. The molecular formula is C12H24N2O2. The van der Waals surface area contributed by atoms with E-state index in [1.165, 1.54) is 0 Å². The molecule has 1 amide bonds. The lowest BCUT2D eigenvalue weighted by atomic mass is 10.0. The number of hydrogen-bond acceptors (Lipinski definition) is 3. The van der Waals surface area contributed by atoms with Crippen molar-refractivity contribution in [2.75, 3.05) is 26.3 Å². The Morgan fingerprint density at radius 2 is 2.12 bits per heavy atom. The molecule has 94 valence electrons. The summed E-state index contributed by atoms with van der Waals surface area (Å²) in [5, 5.41) is 6.32. The van der Waals surface area contributed by atoms with Crippen molar-refractivity contribution in [1.82, 2.24) is 10.6 Å². The van der Waals surface area contributed by atoms with Crippen LogP contribution in [0.5, 0.6) is 0 Å². The van der Waals surface area contributed by atoms with Crippen LogP contribution < -0.4 is 10.6 Å². The van der Waals surface area contributed by atoms with Gasteiger partial charge in [-0.05, 0) is 19.3 Å². The van der Waals surface area contributed by atoms with Gasteiger partial charge in [-0.1, -0.05) is 13.8 Å². The smallest absolute Gasteiger partial charge is 0.222 e. The number of ether oxygens (including phenoxy) is 1. The Morgan fingerprint density at radius 1 is 1.38 bits per heavy atom. The highest BCUT2D eigenvalue weighted by Gasteiger charge is 2.21. The summed E-state index contributed by atoms with van der Waals surface area (Å²) in [5.41, 5.74) is 0. The molecule has 0 aromatic rings. The van der Waals surface area contributed by atoms with Gasteiger partial charge in [-0.3, -0.25) is 4.79 Å². The minimum absolute atomic E-state index is 0.0701. The highest BCUT2D eigenvalue weighted by atomic mass is 16.5. The summed E-state index contributed by atoms with van der Waals surface area (Å²) in [5.74, 6) is 0.820. The molecule has 0 saturated carbocycles. The van der Waals surface area contributed by atoms with Gasteiger partial charge in [0.25, 0.3) is 0 Å². The number of rotatable bonds is 6. The average Bonchev–Trinajstić information content (AvgIpc) is 2.76. The van der Waals surface area contributed by atoms with Crippen molar-refractivity contribution in [3.05, 3.63) is 0 Å². The van der Waals surface area contributed by atoms with Crippen LogP contribution in [0.15, 0.2) is 0 Å². The fraction of sp³-hybridized carbons (Fsp3) is 0.917. The van der Waals surface area contributed by atoms with Crippen molar-refractivity contribution in [2.45, 2.75) is 33.2 Å². The molecule has 0 bridgehead atoms. The van der Waals surface area contributed by atoms with Crippen LogP contribution in [0, 0.1) is 11.8 Å². The molecule has 1 fully saturated rings. The standard InChI is InChI=1S/C12H24N2O2/c1-9(2)12(15)14-6-5-13-10(3)11-4-7-16-8-11/h9-11,13H,4-8H2,1-3H3,(H,14,15). The monoisotopic (exact) mass is 228 g/mol. The molecule has 1 saturated heterocycles. The maximum Gasteiger partial charge on any atom is 0.222 e. The lowest BCUT2D eigenvalue weighted by molar-refractivity contribution is -0.123. The predicted molar refractivity (Wildman–Crippen MR) is 64.2 cm³/mol. The molecule has 0 spiro atoms. The van der Waals surface area contributed by atoms with Gasteiger partial charge in [-0.15, -0.1) is 0 Å². The summed E-state index contributed by atoms with van der Waals surface area (Å²) in [4.78, 5) is 11.3. The van der Waals surface area contributed by atoms with Gasteiger partial charge in [0, 0.05) is 31.7 Å². The molecule has 1 rings (SSSR count). The molecular weight excluding hydrogens is 204 g/mol. The molecule has 1 aliphatic heterocycles. The fourth-order valence-electron chi connectivity index (χ4n) is 1.80. The lowest BCUT2D eigenvalue weighted by Gasteiger charge is -2.19. The first-order valence-electron chi connectivity index (χ1n) is 6.20. The van der Waals surface area contributed by atoms with E-state index >= 15 is 0 Å². The third kappa shape index (κ3) is 4.49. The Kier molecular flexibility index (Phi) is 5.77. The van der Waals surface area contributed by atoms with Crippen LogP contribution in [-0.2, 0) is 9.53 Å². The van der Waals surface area contributed by atoms with Gasteiger partial charge in [-0.25, -0.2) is 0 Å². The summed E-state index contributed by atoms with van der Waals surface area (Å²) in [6.45, 7) is 9.28. The zero-order valence-electron chi connectivity index (χ0n) is 10.6. The molecule has 4 heteroatoms. The first kappa shape index (κ1) is 13.5. The average molecular weight is 228 g/mol. The van der Waals surface area contributed by atoms with Gasteiger partial charge in [0.2, 0.25) is 5.91 Å². The van der Waals surface area contributed by atoms with Crippen LogP contribution in [0.4, 0.5) is 0 Å². The van der Waals surface area contributed by atoms with Crippen molar-refractivity contribution >= 4 is 5.91 Å². The number of nitrogens with one attached hydrogen (secondary N) is 2. The van der Waals surface area contributed by atoms with Crippen molar-refractivity contribution < 1.29 is 9.53 Å². The molecule has 1 heterocycles. The molecule has 0 aliphatic carbocycles. The van der Waals surface area contributed by atoms with Crippen LogP contribution in [0.1, 0.15) is 27.2 Å². The Labute approximate surface area is 98.1 Å². The first-order valence-corrected chi connectivity index (χ1v) is 6.20. The maximum absolute atomic E-state index is 11.3. The number of carbonyl (C=O) groups excluding carboxylic acids is 1. The van der Waals surface area contributed by atoms with E-state index in [4.69, 9.17) is 4.74 Å². The fourth-order valence-corrected chi connectivity index (χ4v) is 1.80. The number of hydrogen-bond donors (Lipinski definition) is 2. The van der Waals surface area contributed by atoms with E-state index in [1.54, 1.807) is 0 Å². The maximum atomic E-state index is 11.3. The predicted octanol–water partition coefficient (Wildman–Crippen LogP) is 0.773. The van der Waals surface area contributed by atoms with Crippen LogP contribution in [0.2, 0.25) is 0 Å². The van der Waals surface area contributed by atoms with E-state index in [-0.39, 0.29) is 11.8 Å². The summed E-state index contributed by atoms with van der Waals surface area (Å²) in [6.07, 6.45) is 1.15. The second kappa shape index (κ2) is 6.86. The molecule has 4 nitrogen and oxygen atoms in total. The van der Waals surface area contributed by atoms with Gasteiger partial charge in [0.15, 0.2) is 0 Å². The highest BCUT2D eigenvalue weighted by molar-refractivity contribution is 5.77. The lowest BCUT2D eigenvalue weighted by Crippen LogP contribution is -2.40. The van der Waals surface area contributed by atoms with Crippen LogP contribution in [-0.4, -0.2) is 38.3 Å². The topological polar surface area (TPSA) is 50.4 Å². The van der Waals surface area contributed by atoms with E-state index in [9.17, 15) is 4.79 Å². The third-order valence-corrected chi connectivity index (χ3v) is 3.09. The minimum Gasteiger partial charge on any atom is -0.381 e. The van der Waals surface area contributed by atoms with Gasteiger partial charge in [0.1, 0.15) is 0 Å². The van der Waals surface area contributed by atoms with Crippen molar-refractivity contribution in [2.24, 2.45) is 11.8 Å². The Balaban J connectivity index is 2.04. The molecule has 1 aliphatic rings. The normalized spacial score (nSPS) is 22.4. The highest BCUT2D eigenvalue weighted by Crippen LogP contribution is 2.15. The molecule has 2 atom stereocenters. The summed E-state index contributed by atoms with van der Waals surface area (Å²) in [7, 11) is 0. The molecule has 0 aromatic carbocycles. The molecule has 16 heavy (non-hydrogen) atoms. The van der Waals surface area contributed by atoms with Crippen LogP contribution in [0.25, 0.3) is 0 Å². The summed E-state index contributed by atoms with van der Waals surface area (Å²) >= 11 is 0. The van der Waals surface area contributed by atoms with E-state index in [0.717, 1.165) is 26.2 Å². The quantitative estimate of drug-likeness (QED) is 0.660. The molecule has 0 radical (unpaired) electrons. The van der Waals surface area contributed by atoms with E-state index in [2.05, 4.69) is 17.6 Å². The molecule has 2 N–H and O–H groups in total. The largest absolute Gasteiger partial charge is 0.381 e. The molecule has 2 unspecified atom stereocenters. The van der Waals surface area contributed by atoms with Crippen molar-refractivity contribution in [3.63, 3.8) is 0 Å². The summed E-state index contributed by atoms with van der Waals surface area (Å²) < 4.78 is 5.34. The van der Waals surface area contributed by atoms with Crippen LogP contribution in [0.3, 0.4) is 0 Å². The Bertz CT molecular complexity index is 213. The van der Waals surface area contributed by atoms with E-state index in [1.807, 2.05) is 13.8 Å². The van der Waals surface area contributed by atoms with Crippen LogP contribution >= 0.6 is 0 Å². The number of carbonyl (C=O) groups is 1. The third-order valence-electron chi connectivity index (χ3n) is 3.09. The second-order valence-corrected chi connectivity index (χ2v) is 4.81. The zero-order valence-corrected chi connectivity index (χ0v) is 10.6. The Hall–Kier alpha value is -0.610. The zero-order chi connectivity index (χ0) is 12.0. The Morgan fingerprint density at radius 3 is 2.69 bits per heavy atom. The van der Waals surface area contributed by atoms with Gasteiger partial charge >= 0.3 is 0 Å². The van der Waals surface area contributed by atoms with Gasteiger partial charge in [0.05, 0.1) is 6.61 Å². The second-order valence-electron chi connectivity index (χ2n) is 4.81. The first-order chi connectivity index (χ1) is 7.61. The van der Waals surface area contributed by atoms with E-state index in [0.29, 0.717) is 18.5 Å². The SMILES string of the molecule is CC(C)C(=O)NCCNC(C)C1CCOC1. The van der Waals surface area contributed by atoms with E-state index < -0.39 is 0 Å². The molecule has 0 aromatic heterocycles. The van der Waals surface area contributed by atoms with Crippen molar-refractivity contribution in [3.8, 4) is 0 Å².